The lowest BCUT2D eigenvalue weighted by Gasteiger charge is -2.16. The van der Waals surface area contributed by atoms with Gasteiger partial charge in [-0.25, -0.2) is 8.42 Å². The molecule has 1 aromatic heterocycles. The van der Waals surface area contributed by atoms with Crippen LogP contribution in [0.2, 0.25) is 0 Å². The number of rotatable bonds is 6. The SMILES string of the molecule is Cc1[nH]nc(S(=O)(=O)N(C)CCc2ccccc2)c1CCl. The molecular weight excluding hydrogens is 310 g/mol. The van der Waals surface area contributed by atoms with E-state index in [1.165, 1.54) is 4.31 Å². The van der Waals surface area contributed by atoms with Gasteiger partial charge in [0.25, 0.3) is 10.0 Å². The first kappa shape index (κ1) is 16.0. The maximum absolute atomic E-state index is 12.5. The summed E-state index contributed by atoms with van der Waals surface area (Å²) in [6.45, 7) is 2.15. The monoisotopic (exact) mass is 327 g/mol. The number of aryl methyl sites for hydroxylation is 1. The van der Waals surface area contributed by atoms with E-state index >= 15 is 0 Å². The van der Waals surface area contributed by atoms with Crippen molar-refractivity contribution >= 4 is 21.6 Å². The molecule has 0 spiro atoms. The maximum atomic E-state index is 12.5. The molecule has 21 heavy (non-hydrogen) atoms. The third-order valence-corrected chi connectivity index (χ3v) is 5.48. The zero-order chi connectivity index (χ0) is 15.5. The van der Waals surface area contributed by atoms with Crippen LogP contribution in [0.25, 0.3) is 0 Å². The molecule has 0 saturated heterocycles. The summed E-state index contributed by atoms with van der Waals surface area (Å²) in [4.78, 5) is 0. The summed E-state index contributed by atoms with van der Waals surface area (Å²) in [5, 5.41) is 6.60. The van der Waals surface area contributed by atoms with Crippen molar-refractivity contribution in [3.63, 3.8) is 0 Å². The van der Waals surface area contributed by atoms with Gasteiger partial charge in [0.2, 0.25) is 0 Å². The zero-order valence-corrected chi connectivity index (χ0v) is 13.6. The number of nitrogens with one attached hydrogen (secondary N) is 1. The fourth-order valence-electron chi connectivity index (χ4n) is 2.00. The van der Waals surface area contributed by atoms with Gasteiger partial charge in [0.05, 0.1) is 5.88 Å². The molecule has 0 fully saturated rings. The van der Waals surface area contributed by atoms with E-state index in [-0.39, 0.29) is 10.9 Å². The van der Waals surface area contributed by atoms with Crippen molar-refractivity contribution in [2.75, 3.05) is 13.6 Å². The Kier molecular flexibility index (Phi) is 5.03. The second-order valence-corrected chi connectivity index (χ2v) is 7.06. The van der Waals surface area contributed by atoms with Gasteiger partial charge in [-0.2, -0.15) is 9.40 Å². The molecule has 0 aliphatic rings. The van der Waals surface area contributed by atoms with Crippen LogP contribution in [0.5, 0.6) is 0 Å². The van der Waals surface area contributed by atoms with E-state index in [0.29, 0.717) is 24.2 Å². The molecule has 2 aromatic rings. The molecule has 0 atom stereocenters. The van der Waals surface area contributed by atoms with Gasteiger partial charge in [-0.3, -0.25) is 5.10 Å². The average molecular weight is 328 g/mol. The van der Waals surface area contributed by atoms with Gasteiger partial charge in [0, 0.05) is 24.8 Å². The number of sulfonamides is 1. The standard InChI is InChI=1S/C14H18ClN3O2S/c1-11-13(10-15)14(17-16-11)21(19,20)18(2)9-8-12-6-4-3-5-7-12/h3-7H,8-10H2,1-2H3,(H,16,17). The van der Waals surface area contributed by atoms with E-state index in [0.717, 1.165) is 5.56 Å². The minimum atomic E-state index is -3.62. The van der Waals surface area contributed by atoms with Gasteiger partial charge < -0.3 is 0 Å². The number of likely N-dealkylation sites (N-methyl/N-ethyl adjacent to an activating group) is 1. The molecule has 5 nitrogen and oxygen atoms in total. The molecule has 1 heterocycles. The van der Waals surface area contributed by atoms with Gasteiger partial charge >= 0.3 is 0 Å². The summed E-state index contributed by atoms with van der Waals surface area (Å²) in [5.41, 5.74) is 2.30. The minimum absolute atomic E-state index is 0.0190. The molecule has 1 aromatic carbocycles. The number of halogens is 1. The van der Waals surface area contributed by atoms with Gasteiger partial charge in [0.15, 0.2) is 5.03 Å². The zero-order valence-electron chi connectivity index (χ0n) is 12.0. The van der Waals surface area contributed by atoms with Crippen LogP contribution in [0.3, 0.4) is 0 Å². The quantitative estimate of drug-likeness (QED) is 0.828. The molecule has 0 amide bonds. The molecule has 0 saturated carbocycles. The highest BCUT2D eigenvalue weighted by Gasteiger charge is 2.27. The lowest BCUT2D eigenvalue weighted by atomic mass is 10.2. The molecule has 1 N–H and O–H groups in total. The molecule has 2 rings (SSSR count). The normalized spacial score (nSPS) is 12.0. The van der Waals surface area contributed by atoms with Gasteiger partial charge in [-0.1, -0.05) is 30.3 Å². The maximum Gasteiger partial charge on any atom is 0.262 e. The predicted molar refractivity (Wildman–Crippen MR) is 82.8 cm³/mol. The smallest absolute Gasteiger partial charge is 0.262 e. The van der Waals surface area contributed by atoms with Crippen molar-refractivity contribution in [3.05, 3.63) is 47.2 Å². The first-order valence-electron chi connectivity index (χ1n) is 6.57. The van der Waals surface area contributed by atoms with Crippen LogP contribution < -0.4 is 0 Å². The van der Waals surface area contributed by atoms with E-state index in [2.05, 4.69) is 10.2 Å². The third-order valence-electron chi connectivity index (χ3n) is 3.38. The molecule has 0 aliphatic heterocycles. The first-order valence-corrected chi connectivity index (χ1v) is 8.54. The molecule has 0 bridgehead atoms. The highest BCUT2D eigenvalue weighted by molar-refractivity contribution is 7.89. The number of benzene rings is 1. The molecule has 114 valence electrons. The molecular formula is C14H18ClN3O2S. The Balaban J connectivity index is 2.15. The Morgan fingerprint density at radius 2 is 1.95 bits per heavy atom. The first-order chi connectivity index (χ1) is 9.96. The van der Waals surface area contributed by atoms with Crippen LogP contribution >= 0.6 is 11.6 Å². The van der Waals surface area contributed by atoms with Crippen molar-refractivity contribution in [3.8, 4) is 0 Å². The van der Waals surface area contributed by atoms with Crippen LogP contribution in [0, 0.1) is 6.92 Å². The van der Waals surface area contributed by atoms with Gasteiger partial charge in [-0.05, 0) is 18.9 Å². The van der Waals surface area contributed by atoms with Crippen LogP contribution in [0.4, 0.5) is 0 Å². The van der Waals surface area contributed by atoms with Crippen molar-refractivity contribution in [1.82, 2.24) is 14.5 Å². The van der Waals surface area contributed by atoms with Crippen molar-refractivity contribution in [2.45, 2.75) is 24.3 Å². The van der Waals surface area contributed by atoms with Crippen LogP contribution in [-0.2, 0) is 22.3 Å². The van der Waals surface area contributed by atoms with Crippen molar-refractivity contribution < 1.29 is 8.42 Å². The van der Waals surface area contributed by atoms with E-state index in [1.807, 2.05) is 30.3 Å². The number of aromatic nitrogens is 2. The Morgan fingerprint density at radius 3 is 2.57 bits per heavy atom. The Morgan fingerprint density at radius 1 is 1.29 bits per heavy atom. The predicted octanol–water partition coefficient (Wildman–Crippen LogP) is 2.32. The van der Waals surface area contributed by atoms with E-state index in [9.17, 15) is 8.42 Å². The van der Waals surface area contributed by atoms with Crippen molar-refractivity contribution in [1.29, 1.82) is 0 Å². The summed E-state index contributed by atoms with van der Waals surface area (Å²) in [7, 11) is -2.07. The van der Waals surface area contributed by atoms with Crippen molar-refractivity contribution in [2.24, 2.45) is 0 Å². The molecule has 0 aliphatic carbocycles. The molecule has 0 unspecified atom stereocenters. The summed E-state index contributed by atoms with van der Waals surface area (Å²) < 4.78 is 26.4. The summed E-state index contributed by atoms with van der Waals surface area (Å²) >= 11 is 5.82. The van der Waals surface area contributed by atoms with Crippen LogP contribution in [-0.4, -0.2) is 36.5 Å². The Bertz CT molecular complexity index is 698. The highest BCUT2D eigenvalue weighted by atomic mass is 35.5. The number of nitrogens with zero attached hydrogens (tertiary/aromatic N) is 2. The fraction of sp³-hybridized carbons (Fsp3) is 0.357. The highest BCUT2D eigenvalue weighted by Crippen LogP contribution is 2.21. The molecule has 0 radical (unpaired) electrons. The van der Waals surface area contributed by atoms with E-state index < -0.39 is 10.0 Å². The van der Waals surface area contributed by atoms with Gasteiger partial charge in [0.1, 0.15) is 0 Å². The number of aromatic amines is 1. The summed E-state index contributed by atoms with van der Waals surface area (Å²) in [6, 6.07) is 9.76. The number of hydrogen-bond acceptors (Lipinski definition) is 3. The number of hydrogen-bond donors (Lipinski definition) is 1. The minimum Gasteiger partial charge on any atom is -0.281 e. The summed E-state index contributed by atoms with van der Waals surface area (Å²) in [6.07, 6.45) is 0.649. The summed E-state index contributed by atoms with van der Waals surface area (Å²) in [5.74, 6) is 0.115. The number of H-pyrrole nitrogens is 1. The van der Waals surface area contributed by atoms with Crippen LogP contribution in [0.15, 0.2) is 35.4 Å². The lowest BCUT2D eigenvalue weighted by Crippen LogP contribution is -2.30. The van der Waals surface area contributed by atoms with Crippen LogP contribution in [0.1, 0.15) is 16.8 Å². The largest absolute Gasteiger partial charge is 0.281 e. The van der Waals surface area contributed by atoms with E-state index in [1.54, 1.807) is 14.0 Å². The second-order valence-electron chi connectivity index (χ2n) is 4.83. The lowest BCUT2D eigenvalue weighted by molar-refractivity contribution is 0.469. The Labute approximate surface area is 130 Å². The van der Waals surface area contributed by atoms with E-state index in [4.69, 9.17) is 11.6 Å². The second kappa shape index (κ2) is 6.60. The van der Waals surface area contributed by atoms with Gasteiger partial charge in [-0.15, -0.1) is 11.6 Å². The fourth-order valence-corrected chi connectivity index (χ4v) is 3.73. The number of alkyl halides is 1. The average Bonchev–Trinajstić information content (AvgIpc) is 2.87. The Hall–Kier alpha value is -1.37. The topological polar surface area (TPSA) is 66.1 Å². The molecule has 7 heteroatoms. The third kappa shape index (κ3) is 3.45.